The van der Waals surface area contributed by atoms with Crippen LogP contribution in [0.2, 0.25) is 0 Å². The summed E-state index contributed by atoms with van der Waals surface area (Å²) in [7, 11) is 4.42. The highest BCUT2D eigenvalue weighted by molar-refractivity contribution is 8.00. The Morgan fingerprint density at radius 1 is 0.737 bits per heavy atom. The highest BCUT2D eigenvalue weighted by Gasteiger charge is 2.27. The summed E-state index contributed by atoms with van der Waals surface area (Å²) in [6, 6.07) is 27.4. The van der Waals surface area contributed by atoms with Crippen LogP contribution in [0.25, 0.3) is 6.08 Å². The first-order valence-corrected chi connectivity index (χ1v) is 19.2. The summed E-state index contributed by atoms with van der Waals surface area (Å²) in [6.07, 6.45) is 1.48. The molecule has 0 unspecified atom stereocenters. The van der Waals surface area contributed by atoms with Gasteiger partial charge in [0.2, 0.25) is 11.7 Å². The summed E-state index contributed by atoms with van der Waals surface area (Å²) < 4.78 is 21.6. The van der Waals surface area contributed by atoms with Crippen LogP contribution in [0.15, 0.2) is 108 Å². The molecule has 4 N–H and O–H groups in total. The molecule has 1 heterocycles. The van der Waals surface area contributed by atoms with E-state index in [1.165, 1.54) is 39.2 Å². The van der Waals surface area contributed by atoms with Crippen molar-refractivity contribution in [1.82, 2.24) is 5.32 Å². The lowest BCUT2D eigenvalue weighted by Crippen LogP contribution is -2.30. The topological polar surface area (TPSA) is 170 Å². The van der Waals surface area contributed by atoms with Gasteiger partial charge in [-0.1, -0.05) is 42.5 Å². The number of ether oxygens (including phenoxy) is 4. The molecule has 13 nitrogen and oxygen atoms in total. The third-order valence-electron chi connectivity index (χ3n) is 8.11. The van der Waals surface area contributed by atoms with E-state index in [9.17, 15) is 24.0 Å². The van der Waals surface area contributed by atoms with Gasteiger partial charge in [0.05, 0.1) is 44.1 Å². The predicted molar refractivity (Wildman–Crippen MR) is 222 cm³/mol. The molecule has 0 aliphatic rings. The van der Waals surface area contributed by atoms with E-state index in [0.29, 0.717) is 50.2 Å². The zero-order valence-corrected chi connectivity index (χ0v) is 33.4. The maximum Gasteiger partial charge on any atom is 0.341 e. The molecule has 0 atom stereocenters. The number of para-hydroxylation sites is 1. The van der Waals surface area contributed by atoms with Crippen molar-refractivity contribution in [2.24, 2.45) is 0 Å². The Bertz CT molecular complexity index is 2270. The number of hydrogen-bond acceptors (Lipinski definition) is 11. The summed E-state index contributed by atoms with van der Waals surface area (Å²) in [5.41, 5.74) is 2.22. The second-order valence-electron chi connectivity index (χ2n) is 12.0. The number of carbonyl (C=O) groups is 5. The molecule has 0 saturated carbocycles. The Morgan fingerprint density at radius 3 is 2.02 bits per heavy atom. The third kappa shape index (κ3) is 10.8. The number of anilines is 3. The van der Waals surface area contributed by atoms with Gasteiger partial charge in [0, 0.05) is 21.8 Å². The molecule has 294 valence electrons. The van der Waals surface area contributed by atoms with Gasteiger partial charge < -0.3 is 40.2 Å². The van der Waals surface area contributed by atoms with Crippen LogP contribution in [0.1, 0.15) is 48.4 Å². The van der Waals surface area contributed by atoms with E-state index >= 15 is 0 Å². The number of thiophene rings is 1. The van der Waals surface area contributed by atoms with Crippen molar-refractivity contribution in [2.75, 3.05) is 49.6 Å². The molecule has 0 aliphatic carbocycles. The van der Waals surface area contributed by atoms with Crippen LogP contribution in [0, 0.1) is 6.92 Å². The minimum atomic E-state index is -0.657. The molecule has 0 fully saturated rings. The first-order valence-electron chi connectivity index (χ1n) is 17.4. The maximum atomic E-state index is 13.8. The Balaban J connectivity index is 1.32. The van der Waals surface area contributed by atoms with Gasteiger partial charge in [-0.25, -0.2) is 4.79 Å². The number of amides is 4. The molecule has 1 aromatic heterocycles. The van der Waals surface area contributed by atoms with Crippen LogP contribution in [0.5, 0.6) is 17.2 Å². The fourth-order valence-corrected chi connectivity index (χ4v) is 7.31. The summed E-state index contributed by atoms with van der Waals surface area (Å²) in [5.74, 6) is -1.65. The molecule has 4 aromatic carbocycles. The standard InChI is InChI=1S/C42H40N4O9S2/c1-6-55-42(51)35-25(2)37(40(50)43-28-16-11-8-12-17-28)57-41(35)46-34(47)24-56-30-19-13-18-29(23-30)44-39(49)31(45-38(48)27-14-9-7-10-15-27)20-26-21-32(52-3)36(54-5)33(22-26)53-4/h7-23H,6,24H2,1-5H3,(H,43,50)(H,44,49)(H,45,48)(H,46,47)/b31-20+. The van der Waals surface area contributed by atoms with E-state index < -0.39 is 29.6 Å². The quantitative estimate of drug-likeness (QED) is 0.0441. The van der Waals surface area contributed by atoms with Gasteiger partial charge in [-0.15, -0.1) is 23.1 Å². The zero-order chi connectivity index (χ0) is 40.9. The molecule has 0 saturated heterocycles. The van der Waals surface area contributed by atoms with Crippen molar-refractivity contribution in [3.05, 3.63) is 130 Å². The number of methoxy groups -OCH3 is 3. The molecule has 0 radical (unpaired) electrons. The van der Waals surface area contributed by atoms with Crippen LogP contribution >= 0.6 is 23.1 Å². The van der Waals surface area contributed by atoms with Crippen molar-refractivity contribution in [2.45, 2.75) is 18.7 Å². The van der Waals surface area contributed by atoms with E-state index in [1.54, 1.807) is 105 Å². The normalized spacial score (nSPS) is 10.9. The average molecular weight is 809 g/mol. The van der Waals surface area contributed by atoms with Gasteiger partial charge in [0.25, 0.3) is 17.7 Å². The second-order valence-corrected chi connectivity index (χ2v) is 14.0. The zero-order valence-electron chi connectivity index (χ0n) is 31.7. The number of nitrogens with one attached hydrogen (secondary N) is 4. The Kier molecular flexibility index (Phi) is 14.5. The summed E-state index contributed by atoms with van der Waals surface area (Å²) in [5, 5.41) is 11.3. The Hall–Kier alpha value is -6.58. The minimum absolute atomic E-state index is 0.0679. The fourth-order valence-electron chi connectivity index (χ4n) is 5.44. The number of benzene rings is 4. The molecule has 0 spiro atoms. The maximum absolute atomic E-state index is 13.8. The highest BCUT2D eigenvalue weighted by atomic mass is 32.2. The van der Waals surface area contributed by atoms with Crippen molar-refractivity contribution < 1.29 is 42.9 Å². The van der Waals surface area contributed by atoms with Gasteiger partial charge in [-0.05, 0) is 85.6 Å². The van der Waals surface area contributed by atoms with Gasteiger partial charge >= 0.3 is 5.97 Å². The molecule has 57 heavy (non-hydrogen) atoms. The van der Waals surface area contributed by atoms with Crippen LogP contribution in [-0.2, 0) is 14.3 Å². The van der Waals surface area contributed by atoms with E-state index in [1.807, 2.05) is 6.07 Å². The minimum Gasteiger partial charge on any atom is -0.493 e. The molecule has 0 bridgehead atoms. The van der Waals surface area contributed by atoms with E-state index in [-0.39, 0.29) is 33.5 Å². The molecule has 15 heteroatoms. The Morgan fingerprint density at radius 2 is 1.39 bits per heavy atom. The smallest absolute Gasteiger partial charge is 0.341 e. The first kappa shape index (κ1) is 41.6. The van der Waals surface area contributed by atoms with E-state index in [2.05, 4.69) is 21.3 Å². The molecular formula is C42H40N4O9S2. The van der Waals surface area contributed by atoms with Crippen LogP contribution < -0.4 is 35.5 Å². The first-order chi connectivity index (χ1) is 27.5. The summed E-state index contributed by atoms with van der Waals surface area (Å²) >= 11 is 2.17. The van der Waals surface area contributed by atoms with E-state index in [4.69, 9.17) is 18.9 Å². The molecule has 4 amide bonds. The van der Waals surface area contributed by atoms with Crippen molar-refractivity contribution in [1.29, 1.82) is 0 Å². The van der Waals surface area contributed by atoms with Gasteiger partial charge in [0.15, 0.2) is 11.5 Å². The average Bonchev–Trinajstić information content (AvgIpc) is 3.55. The highest BCUT2D eigenvalue weighted by Crippen LogP contribution is 2.39. The number of thioether (sulfide) groups is 1. The molecule has 0 aliphatic heterocycles. The number of esters is 1. The van der Waals surface area contributed by atoms with Gasteiger partial charge in [0.1, 0.15) is 10.7 Å². The number of carbonyl (C=O) groups excluding carboxylic acids is 5. The second kappa shape index (κ2) is 19.8. The van der Waals surface area contributed by atoms with Crippen molar-refractivity contribution in [3.8, 4) is 17.2 Å². The molecule has 5 rings (SSSR count). The third-order valence-corrected chi connectivity index (χ3v) is 10.3. The van der Waals surface area contributed by atoms with Crippen LogP contribution in [0.3, 0.4) is 0 Å². The monoisotopic (exact) mass is 808 g/mol. The summed E-state index contributed by atoms with van der Waals surface area (Å²) in [4.78, 5) is 67.3. The van der Waals surface area contributed by atoms with Crippen molar-refractivity contribution in [3.63, 3.8) is 0 Å². The van der Waals surface area contributed by atoms with Gasteiger partial charge in [-0.3, -0.25) is 19.2 Å². The lowest BCUT2D eigenvalue weighted by atomic mass is 10.1. The lowest BCUT2D eigenvalue weighted by molar-refractivity contribution is -0.114. The number of rotatable bonds is 16. The molecule has 5 aromatic rings. The van der Waals surface area contributed by atoms with Crippen molar-refractivity contribution >= 4 is 75.1 Å². The predicted octanol–water partition coefficient (Wildman–Crippen LogP) is 7.65. The SMILES string of the molecule is CCOC(=O)c1c(NC(=O)CSc2cccc(NC(=O)/C(=C\c3cc(OC)c(OC)c(OC)c3)NC(=O)c3ccccc3)c2)sc(C(=O)Nc2ccccc2)c1C. The Labute approximate surface area is 337 Å². The van der Waals surface area contributed by atoms with Gasteiger partial charge in [-0.2, -0.15) is 0 Å². The largest absolute Gasteiger partial charge is 0.493 e. The fraction of sp³-hybridized carbons (Fsp3) is 0.167. The summed E-state index contributed by atoms with van der Waals surface area (Å²) in [6.45, 7) is 3.41. The molecular weight excluding hydrogens is 769 g/mol. The lowest BCUT2D eigenvalue weighted by Gasteiger charge is -2.15. The van der Waals surface area contributed by atoms with E-state index in [0.717, 1.165) is 11.3 Å². The number of hydrogen-bond donors (Lipinski definition) is 4. The van der Waals surface area contributed by atoms with Crippen LogP contribution in [0.4, 0.5) is 16.4 Å². The van der Waals surface area contributed by atoms with Crippen LogP contribution in [-0.4, -0.2) is 63.3 Å².